The molecule has 0 atom stereocenters. The molecule has 42 valence electrons. The fourth-order valence-corrected chi connectivity index (χ4v) is 0. The van der Waals surface area contributed by atoms with Crippen LogP contribution in [-0.4, -0.2) is 28.2 Å². The van der Waals surface area contributed by atoms with Gasteiger partial charge in [-0.1, -0.05) is 0 Å². The van der Waals surface area contributed by atoms with Crippen LogP contribution in [0.25, 0.3) is 0 Å². The van der Waals surface area contributed by atoms with E-state index in [-0.39, 0.29) is 48.1 Å². The van der Waals surface area contributed by atoms with Gasteiger partial charge in [-0.05, 0) is 0 Å². The Morgan fingerprint density at radius 2 is 1.00 bits per heavy atom. The SMILES string of the molecule is O[Si](O)(O)O.[Fe].[H-].[Na+]. The Hall–Kier alpha value is 1.58. The van der Waals surface area contributed by atoms with E-state index in [0.717, 1.165) is 0 Å². The summed E-state index contributed by atoms with van der Waals surface area (Å²) < 4.78 is 0. The van der Waals surface area contributed by atoms with E-state index in [2.05, 4.69) is 0 Å². The molecule has 0 aliphatic rings. The molecular weight excluding hydrogens is 171 g/mol. The van der Waals surface area contributed by atoms with E-state index >= 15 is 0 Å². The molecule has 0 aromatic heterocycles. The third-order valence-corrected chi connectivity index (χ3v) is 0. The summed E-state index contributed by atoms with van der Waals surface area (Å²) in [5.74, 6) is 0. The molecule has 4 N–H and O–H groups in total. The van der Waals surface area contributed by atoms with Gasteiger partial charge >= 0.3 is 38.6 Å². The summed E-state index contributed by atoms with van der Waals surface area (Å²) in [5.41, 5.74) is 0. The summed E-state index contributed by atoms with van der Waals surface area (Å²) in [4.78, 5) is 29.3. The summed E-state index contributed by atoms with van der Waals surface area (Å²) in [6.45, 7) is 0. The number of hydrogen-bond donors (Lipinski definition) is 4. The van der Waals surface area contributed by atoms with Crippen LogP contribution < -0.4 is 29.6 Å². The fourth-order valence-electron chi connectivity index (χ4n) is 0. The van der Waals surface area contributed by atoms with Crippen molar-refractivity contribution >= 4 is 9.05 Å². The molecule has 0 aliphatic carbocycles. The van der Waals surface area contributed by atoms with Gasteiger partial charge in [-0.15, -0.1) is 0 Å². The van der Waals surface area contributed by atoms with Crippen molar-refractivity contribution < 1.29 is 67.2 Å². The first kappa shape index (κ1) is 15.8. The molecule has 0 bridgehead atoms. The molecular formula is H5FeNaO4Si. The van der Waals surface area contributed by atoms with E-state index in [0.29, 0.717) is 0 Å². The van der Waals surface area contributed by atoms with Crippen LogP contribution in [0.15, 0.2) is 0 Å². The van der Waals surface area contributed by atoms with Crippen molar-refractivity contribution in [3.63, 3.8) is 0 Å². The predicted octanol–water partition coefficient (Wildman–Crippen LogP) is -5.49. The summed E-state index contributed by atoms with van der Waals surface area (Å²) in [7, 11) is -4.61. The van der Waals surface area contributed by atoms with Crippen molar-refractivity contribution in [2.75, 3.05) is 0 Å². The Labute approximate surface area is 75.9 Å². The second kappa shape index (κ2) is 5.71. The molecule has 7 heteroatoms. The van der Waals surface area contributed by atoms with Gasteiger partial charge in [-0.25, -0.2) is 0 Å². The molecule has 0 saturated carbocycles. The Morgan fingerprint density at radius 3 is 1.00 bits per heavy atom. The summed E-state index contributed by atoms with van der Waals surface area (Å²) in [6.07, 6.45) is 0. The maximum absolute atomic E-state index is 7.33. The number of hydrogen-bond acceptors (Lipinski definition) is 4. The number of rotatable bonds is 0. The van der Waals surface area contributed by atoms with Gasteiger partial charge in [0.1, 0.15) is 0 Å². The molecule has 0 heterocycles. The maximum Gasteiger partial charge on any atom is 1.00 e. The van der Waals surface area contributed by atoms with E-state index in [1.165, 1.54) is 0 Å². The van der Waals surface area contributed by atoms with E-state index in [9.17, 15) is 0 Å². The smallest absolute Gasteiger partial charge is 1.00 e. The summed E-state index contributed by atoms with van der Waals surface area (Å²) >= 11 is 0. The van der Waals surface area contributed by atoms with Crippen molar-refractivity contribution in [1.82, 2.24) is 0 Å². The molecule has 0 amide bonds. The van der Waals surface area contributed by atoms with Crippen LogP contribution >= 0.6 is 0 Å². The second-order valence-corrected chi connectivity index (χ2v) is 1.80. The van der Waals surface area contributed by atoms with Crippen LogP contribution in [0, 0.1) is 0 Å². The second-order valence-electron chi connectivity index (χ2n) is 0.600. The minimum absolute atomic E-state index is 0. The normalized spacial score (nSPS) is 8.57. The van der Waals surface area contributed by atoms with Crippen molar-refractivity contribution in [1.29, 1.82) is 0 Å². The average Bonchev–Trinajstić information content (AvgIpc) is 0.722. The van der Waals surface area contributed by atoms with Crippen LogP contribution in [0.5, 0.6) is 0 Å². The van der Waals surface area contributed by atoms with Gasteiger partial charge in [0, 0.05) is 17.1 Å². The van der Waals surface area contributed by atoms with Gasteiger partial charge < -0.3 is 20.6 Å². The van der Waals surface area contributed by atoms with Gasteiger partial charge in [-0.2, -0.15) is 0 Å². The topological polar surface area (TPSA) is 80.9 Å². The zero-order valence-electron chi connectivity index (χ0n) is 4.64. The van der Waals surface area contributed by atoms with Crippen molar-refractivity contribution in [3.8, 4) is 0 Å². The molecule has 0 radical (unpaired) electrons. The first-order chi connectivity index (χ1) is 2.00. The minimum atomic E-state index is -4.61. The molecule has 0 spiro atoms. The molecule has 7 heavy (non-hydrogen) atoms. The first-order valence-corrected chi connectivity index (χ1v) is 2.68. The van der Waals surface area contributed by atoms with Gasteiger partial charge in [0.15, 0.2) is 0 Å². The maximum atomic E-state index is 7.33. The zero-order valence-corrected chi connectivity index (χ0v) is 7.75. The van der Waals surface area contributed by atoms with E-state index in [4.69, 9.17) is 19.2 Å². The first-order valence-electron chi connectivity index (χ1n) is 0.894. The van der Waals surface area contributed by atoms with Crippen LogP contribution in [0.3, 0.4) is 0 Å². The molecule has 0 aliphatic heterocycles. The molecule has 4 nitrogen and oxygen atoms in total. The van der Waals surface area contributed by atoms with E-state index in [1.807, 2.05) is 0 Å². The quantitative estimate of drug-likeness (QED) is 0.277. The molecule has 0 rings (SSSR count). The van der Waals surface area contributed by atoms with Gasteiger partial charge in [0.05, 0.1) is 0 Å². The Kier molecular flexibility index (Phi) is 12.9. The van der Waals surface area contributed by atoms with Crippen molar-refractivity contribution in [2.45, 2.75) is 0 Å². The van der Waals surface area contributed by atoms with Crippen molar-refractivity contribution in [3.05, 3.63) is 0 Å². The van der Waals surface area contributed by atoms with E-state index < -0.39 is 9.05 Å². The largest absolute Gasteiger partial charge is 1.00 e. The zero-order chi connectivity index (χ0) is 4.50. The monoisotopic (exact) mass is 176 g/mol. The molecule has 0 fully saturated rings. The summed E-state index contributed by atoms with van der Waals surface area (Å²) in [6, 6.07) is 0. The Morgan fingerprint density at radius 1 is 1.00 bits per heavy atom. The van der Waals surface area contributed by atoms with Gasteiger partial charge in [0.2, 0.25) is 0 Å². The van der Waals surface area contributed by atoms with Crippen LogP contribution in [0.2, 0.25) is 0 Å². The third-order valence-electron chi connectivity index (χ3n) is 0. The van der Waals surface area contributed by atoms with Crippen LogP contribution in [-0.2, 0) is 17.1 Å². The van der Waals surface area contributed by atoms with Crippen LogP contribution in [0.1, 0.15) is 1.43 Å². The van der Waals surface area contributed by atoms with E-state index in [1.54, 1.807) is 0 Å². The van der Waals surface area contributed by atoms with Crippen LogP contribution in [0.4, 0.5) is 0 Å². The molecule has 0 aromatic carbocycles. The molecule has 0 saturated heterocycles. The molecule has 0 aromatic rings. The fraction of sp³-hybridized carbons (Fsp3) is 0. The minimum Gasteiger partial charge on any atom is -1.00 e. The predicted molar refractivity (Wildman–Crippen MR) is 15.7 cm³/mol. The van der Waals surface area contributed by atoms with Gasteiger partial charge in [-0.3, -0.25) is 0 Å². The summed E-state index contributed by atoms with van der Waals surface area (Å²) in [5, 5.41) is 0. The average molecular weight is 176 g/mol. The third kappa shape index (κ3) is 94.8. The van der Waals surface area contributed by atoms with Gasteiger partial charge in [0.25, 0.3) is 0 Å². The standard InChI is InChI=1S/Fe.Na.H4O4Si.H/c;;1-5(2,3)4;/h;;1-4H;/q;+1;;-1. The molecule has 0 unspecified atom stereocenters. The van der Waals surface area contributed by atoms with Crippen molar-refractivity contribution in [2.24, 2.45) is 0 Å². The Balaban J connectivity index is -0.0000000267. The Bertz CT molecular complexity index is 31.5.